The predicted molar refractivity (Wildman–Crippen MR) is 102 cm³/mol. The largest absolute Gasteiger partial charge is 0.354 e. The number of aromatic nitrogens is 4. The van der Waals surface area contributed by atoms with Gasteiger partial charge in [0.15, 0.2) is 6.23 Å². The number of hydrogen-bond donors (Lipinski definition) is 2. The predicted octanol–water partition coefficient (Wildman–Crippen LogP) is 0.576. The lowest BCUT2D eigenvalue weighted by Crippen LogP contribution is -2.47. The van der Waals surface area contributed by atoms with Crippen molar-refractivity contribution in [2.24, 2.45) is 4.99 Å². The van der Waals surface area contributed by atoms with Crippen molar-refractivity contribution >= 4 is 17.6 Å². The van der Waals surface area contributed by atoms with Crippen LogP contribution in [-0.2, 0) is 9.53 Å². The first-order valence-electron chi connectivity index (χ1n) is 9.03. The quantitative estimate of drug-likeness (QED) is 0.689. The van der Waals surface area contributed by atoms with E-state index in [1.165, 1.54) is 0 Å². The van der Waals surface area contributed by atoms with Gasteiger partial charge in [0.25, 0.3) is 0 Å². The molecule has 0 aromatic carbocycles. The second kappa shape index (κ2) is 6.34. The van der Waals surface area contributed by atoms with E-state index in [1.54, 1.807) is 31.5 Å². The van der Waals surface area contributed by atoms with Gasteiger partial charge in [0.05, 0.1) is 5.69 Å². The molecule has 10 nitrogen and oxygen atoms in total. The SMILES string of the molecule is COC1N=C(N[C@H]2CCN(C)C2=O)Nn2ccc(-c3cnc4nccn4c3)c21. The zero-order valence-corrected chi connectivity index (χ0v) is 15.5. The molecule has 0 bridgehead atoms. The van der Waals surface area contributed by atoms with Crippen molar-refractivity contribution in [1.82, 2.24) is 29.3 Å². The topological polar surface area (TPSA) is 101 Å². The highest BCUT2D eigenvalue weighted by Crippen LogP contribution is 2.32. The van der Waals surface area contributed by atoms with Crippen molar-refractivity contribution < 1.29 is 9.53 Å². The minimum atomic E-state index is -0.513. The fourth-order valence-electron chi connectivity index (χ4n) is 3.67. The van der Waals surface area contributed by atoms with Gasteiger partial charge in [-0.2, -0.15) is 0 Å². The third-order valence-electron chi connectivity index (χ3n) is 5.15. The Hall–Kier alpha value is -3.40. The first-order valence-corrected chi connectivity index (χ1v) is 9.03. The van der Waals surface area contributed by atoms with Crippen LogP contribution in [0.3, 0.4) is 0 Å². The Labute approximate surface area is 160 Å². The average molecular weight is 380 g/mol. The number of likely N-dealkylation sites (N-methyl/N-ethyl adjacent to an activating group) is 1. The molecule has 0 saturated carbocycles. The van der Waals surface area contributed by atoms with Crippen LogP contribution in [0.1, 0.15) is 18.3 Å². The maximum absolute atomic E-state index is 12.2. The van der Waals surface area contributed by atoms with E-state index in [9.17, 15) is 4.79 Å². The molecular formula is C18H20N8O2. The molecule has 1 saturated heterocycles. The zero-order chi connectivity index (χ0) is 19.3. The van der Waals surface area contributed by atoms with Gasteiger partial charge in [-0.3, -0.25) is 19.3 Å². The lowest BCUT2D eigenvalue weighted by molar-refractivity contribution is -0.127. The summed E-state index contributed by atoms with van der Waals surface area (Å²) in [6.45, 7) is 0.736. The van der Waals surface area contributed by atoms with Crippen molar-refractivity contribution in [2.75, 3.05) is 26.1 Å². The molecule has 1 fully saturated rings. The van der Waals surface area contributed by atoms with Gasteiger partial charge in [0.1, 0.15) is 6.04 Å². The first-order chi connectivity index (χ1) is 13.6. The van der Waals surface area contributed by atoms with Gasteiger partial charge in [-0.1, -0.05) is 0 Å². The lowest BCUT2D eigenvalue weighted by atomic mass is 10.1. The van der Waals surface area contributed by atoms with E-state index in [-0.39, 0.29) is 11.9 Å². The van der Waals surface area contributed by atoms with Crippen LogP contribution < -0.4 is 10.7 Å². The van der Waals surface area contributed by atoms with Crippen LogP contribution in [-0.4, -0.2) is 62.6 Å². The van der Waals surface area contributed by atoms with Crippen molar-refractivity contribution in [3.05, 3.63) is 42.7 Å². The Kier molecular flexibility index (Phi) is 3.79. The lowest BCUT2D eigenvalue weighted by Gasteiger charge is -2.26. The van der Waals surface area contributed by atoms with Gasteiger partial charge in [-0.05, 0) is 12.5 Å². The third kappa shape index (κ3) is 2.61. The number of hydrogen-bond acceptors (Lipinski definition) is 7. The van der Waals surface area contributed by atoms with Gasteiger partial charge >= 0.3 is 0 Å². The average Bonchev–Trinajstić information content (AvgIpc) is 3.42. The van der Waals surface area contributed by atoms with E-state index in [0.717, 1.165) is 29.8 Å². The fourth-order valence-corrected chi connectivity index (χ4v) is 3.67. The molecule has 2 atom stereocenters. The van der Waals surface area contributed by atoms with E-state index < -0.39 is 6.23 Å². The maximum Gasteiger partial charge on any atom is 0.244 e. The number of rotatable bonds is 3. The molecule has 2 N–H and O–H groups in total. The number of ether oxygens (including phenoxy) is 1. The summed E-state index contributed by atoms with van der Waals surface area (Å²) in [5, 5.41) is 3.20. The number of nitrogens with zero attached hydrogens (tertiary/aromatic N) is 6. The Morgan fingerprint density at radius 2 is 2.21 bits per heavy atom. The summed E-state index contributed by atoms with van der Waals surface area (Å²) in [6, 6.07) is 1.71. The second-order valence-electron chi connectivity index (χ2n) is 6.88. The van der Waals surface area contributed by atoms with Crippen LogP contribution in [0.15, 0.2) is 42.0 Å². The Balaban J connectivity index is 1.46. The highest BCUT2D eigenvalue weighted by molar-refractivity contribution is 5.94. The Morgan fingerprint density at radius 3 is 3.00 bits per heavy atom. The second-order valence-corrected chi connectivity index (χ2v) is 6.88. The number of amides is 1. The normalized spacial score (nSPS) is 21.6. The summed E-state index contributed by atoms with van der Waals surface area (Å²) in [6.07, 6.45) is 9.47. The molecule has 3 aromatic heterocycles. The molecule has 5 heterocycles. The number of fused-ring (bicyclic) bond motifs is 2. The highest BCUT2D eigenvalue weighted by Gasteiger charge is 2.32. The maximum atomic E-state index is 12.2. The summed E-state index contributed by atoms with van der Waals surface area (Å²) < 4.78 is 9.36. The number of nitrogens with one attached hydrogen (secondary N) is 2. The van der Waals surface area contributed by atoms with Crippen LogP contribution >= 0.6 is 0 Å². The van der Waals surface area contributed by atoms with E-state index in [0.29, 0.717) is 11.7 Å². The summed E-state index contributed by atoms with van der Waals surface area (Å²) >= 11 is 0. The van der Waals surface area contributed by atoms with E-state index >= 15 is 0 Å². The van der Waals surface area contributed by atoms with Crippen molar-refractivity contribution in [3.63, 3.8) is 0 Å². The van der Waals surface area contributed by atoms with Crippen LogP contribution in [0.5, 0.6) is 0 Å². The highest BCUT2D eigenvalue weighted by atomic mass is 16.5. The molecule has 5 rings (SSSR count). The Bertz CT molecular complexity index is 1080. The molecule has 28 heavy (non-hydrogen) atoms. The summed E-state index contributed by atoms with van der Waals surface area (Å²) in [7, 11) is 3.42. The minimum Gasteiger partial charge on any atom is -0.354 e. The number of imidazole rings is 1. The van der Waals surface area contributed by atoms with Crippen LogP contribution in [0.2, 0.25) is 0 Å². The number of likely N-dealkylation sites (tertiary alicyclic amines) is 1. The van der Waals surface area contributed by atoms with Crippen LogP contribution in [0, 0.1) is 0 Å². The number of carbonyl (C=O) groups excluding carboxylic acids is 1. The molecule has 1 unspecified atom stereocenters. The zero-order valence-electron chi connectivity index (χ0n) is 15.5. The van der Waals surface area contributed by atoms with Crippen molar-refractivity contribution in [3.8, 4) is 11.1 Å². The van der Waals surface area contributed by atoms with E-state index in [4.69, 9.17) is 4.74 Å². The molecular weight excluding hydrogens is 360 g/mol. The fraction of sp³-hybridized carbons (Fsp3) is 0.333. The summed E-state index contributed by atoms with van der Waals surface area (Å²) in [4.78, 5) is 27.1. The van der Waals surface area contributed by atoms with Crippen molar-refractivity contribution in [1.29, 1.82) is 0 Å². The third-order valence-corrected chi connectivity index (χ3v) is 5.15. The molecule has 2 aliphatic rings. The van der Waals surface area contributed by atoms with Crippen LogP contribution in [0.4, 0.5) is 0 Å². The number of carbonyl (C=O) groups is 1. The van der Waals surface area contributed by atoms with Crippen molar-refractivity contribution in [2.45, 2.75) is 18.7 Å². The van der Waals surface area contributed by atoms with E-state index in [1.807, 2.05) is 33.7 Å². The molecule has 0 spiro atoms. The molecule has 0 radical (unpaired) electrons. The molecule has 10 heteroatoms. The van der Waals surface area contributed by atoms with Gasteiger partial charge in [0.2, 0.25) is 17.6 Å². The summed E-state index contributed by atoms with van der Waals surface area (Å²) in [5.74, 6) is 1.23. The summed E-state index contributed by atoms with van der Waals surface area (Å²) in [5.41, 5.74) is 5.97. The van der Waals surface area contributed by atoms with Gasteiger partial charge in [0, 0.05) is 62.8 Å². The number of methoxy groups -OCH3 is 1. The van der Waals surface area contributed by atoms with E-state index in [2.05, 4.69) is 25.7 Å². The Morgan fingerprint density at radius 1 is 1.32 bits per heavy atom. The number of aliphatic imine (C=N–C) groups is 1. The van der Waals surface area contributed by atoms with Gasteiger partial charge in [-0.25, -0.2) is 15.0 Å². The minimum absolute atomic E-state index is 0.0668. The standard InChI is InChI=1S/C18H20N8O2/c1-24-6-4-13(16(24)27)21-17-22-15(28-2)14-12(3-7-26(14)23-17)11-9-20-18-19-5-8-25(18)10-11/h3,5,7-10,13,15H,4,6H2,1-2H3,(H2,21,22,23)/t13-,15?/m0/s1. The molecule has 2 aliphatic heterocycles. The van der Waals surface area contributed by atoms with Gasteiger partial charge in [-0.15, -0.1) is 0 Å². The molecule has 144 valence electrons. The van der Waals surface area contributed by atoms with Gasteiger partial charge < -0.3 is 15.0 Å². The number of guanidine groups is 1. The van der Waals surface area contributed by atoms with Crippen LogP contribution in [0.25, 0.3) is 16.9 Å². The molecule has 1 amide bonds. The molecule has 3 aromatic rings. The molecule has 0 aliphatic carbocycles. The first kappa shape index (κ1) is 16.8. The monoisotopic (exact) mass is 380 g/mol. The smallest absolute Gasteiger partial charge is 0.244 e.